The molecule has 6 heteroatoms. The lowest BCUT2D eigenvalue weighted by atomic mass is 9.97. The summed E-state index contributed by atoms with van der Waals surface area (Å²) < 4.78 is 7.55. The number of hydrazine groups is 1. The zero-order valence-corrected chi connectivity index (χ0v) is 12.9. The minimum Gasteiger partial charge on any atom is -0.493 e. The third-order valence-corrected chi connectivity index (χ3v) is 4.10. The summed E-state index contributed by atoms with van der Waals surface area (Å²) in [4.78, 5) is 0. The van der Waals surface area contributed by atoms with Crippen molar-refractivity contribution in [1.29, 1.82) is 0 Å². The number of nitrogens with zero attached hydrogens (tertiary/aromatic N) is 2. The van der Waals surface area contributed by atoms with Gasteiger partial charge in [0.25, 0.3) is 0 Å². The number of nitrogens with two attached hydrogens (primary N) is 1. The fraction of sp³-hybridized carbons (Fsp3) is 0.400. The average molecular weight is 307 g/mol. The first kappa shape index (κ1) is 14.4. The van der Waals surface area contributed by atoms with Crippen molar-refractivity contribution in [3.05, 3.63) is 45.7 Å². The van der Waals surface area contributed by atoms with Gasteiger partial charge >= 0.3 is 0 Å². The van der Waals surface area contributed by atoms with Crippen molar-refractivity contribution in [2.45, 2.75) is 25.8 Å². The van der Waals surface area contributed by atoms with E-state index in [0.29, 0.717) is 6.42 Å². The largest absolute Gasteiger partial charge is 0.493 e. The molecule has 1 unspecified atom stereocenters. The molecule has 1 aromatic heterocycles. The van der Waals surface area contributed by atoms with Gasteiger partial charge < -0.3 is 4.74 Å². The molecule has 0 spiro atoms. The van der Waals surface area contributed by atoms with Crippen molar-refractivity contribution in [2.24, 2.45) is 12.9 Å². The topological polar surface area (TPSA) is 65.1 Å². The van der Waals surface area contributed by atoms with Crippen molar-refractivity contribution in [3.63, 3.8) is 0 Å². The van der Waals surface area contributed by atoms with Gasteiger partial charge in [-0.3, -0.25) is 16.0 Å². The molecule has 0 radical (unpaired) electrons. The normalized spacial score (nSPS) is 14.9. The predicted molar refractivity (Wildman–Crippen MR) is 82.4 cm³/mol. The van der Waals surface area contributed by atoms with Gasteiger partial charge in [-0.05, 0) is 36.6 Å². The molecule has 1 aliphatic heterocycles. The molecule has 0 saturated carbocycles. The van der Waals surface area contributed by atoms with E-state index in [1.807, 2.05) is 32.3 Å². The third-order valence-electron chi connectivity index (χ3n) is 3.88. The molecule has 0 fully saturated rings. The Hall–Kier alpha value is -1.56. The number of aryl methyl sites for hydroxylation is 2. The smallest absolute Gasteiger partial charge is 0.125 e. The highest BCUT2D eigenvalue weighted by Crippen LogP contribution is 2.35. The van der Waals surface area contributed by atoms with E-state index in [0.717, 1.165) is 40.6 Å². The fourth-order valence-corrected chi connectivity index (χ4v) is 3.20. The Kier molecular flexibility index (Phi) is 3.89. The molecule has 3 N–H and O–H groups in total. The number of hydrogen-bond donors (Lipinski definition) is 2. The summed E-state index contributed by atoms with van der Waals surface area (Å²) in [5, 5.41) is 5.12. The van der Waals surface area contributed by atoms with Crippen molar-refractivity contribution < 1.29 is 4.74 Å². The number of halogens is 1. The van der Waals surface area contributed by atoms with E-state index < -0.39 is 0 Å². The van der Waals surface area contributed by atoms with E-state index in [1.165, 1.54) is 5.56 Å². The zero-order chi connectivity index (χ0) is 15.0. The number of benzene rings is 1. The summed E-state index contributed by atoms with van der Waals surface area (Å²) in [6.07, 6.45) is 3.62. The Morgan fingerprint density at radius 1 is 1.52 bits per heavy atom. The summed E-state index contributed by atoms with van der Waals surface area (Å²) in [5.74, 6) is 6.71. The van der Waals surface area contributed by atoms with E-state index >= 15 is 0 Å². The standard InChI is InChI=1S/C15H19ClN4O/c1-9-13(8-20(2)19-9)14(18-17)7-11-6-12(16)5-10-3-4-21-15(10)11/h5-6,8,14,18H,3-4,7,17H2,1-2H3. The van der Waals surface area contributed by atoms with Gasteiger partial charge in [-0.15, -0.1) is 0 Å². The molecule has 3 rings (SSSR count). The first-order valence-electron chi connectivity index (χ1n) is 6.99. The molecule has 1 atom stereocenters. The van der Waals surface area contributed by atoms with Crippen LogP contribution in [-0.4, -0.2) is 16.4 Å². The minimum atomic E-state index is -0.0227. The molecule has 0 saturated heterocycles. The molecule has 0 bridgehead atoms. The van der Waals surface area contributed by atoms with Crippen molar-refractivity contribution >= 4 is 11.6 Å². The molecule has 5 nitrogen and oxygen atoms in total. The maximum absolute atomic E-state index is 6.21. The van der Waals surface area contributed by atoms with Gasteiger partial charge in [-0.2, -0.15) is 5.10 Å². The van der Waals surface area contributed by atoms with Crippen LogP contribution in [0.5, 0.6) is 5.75 Å². The van der Waals surface area contributed by atoms with E-state index in [2.05, 4.69) is 10.5 Å². The molecule has 21 heavy (non-hydrogen) atoms. The molecular formula is C15H19ClN4O. The van der Waals surface area contributed by atoms with Crippen LogP contribution in [0, 0.1) is 6.92 Å². The lowest BCUT2D eigenvalue weighted by molar-refractivity contribution is 0.351. The maximum Gasteiger partial charge on any atom is 0.125 e. The number of rotatable bonds is 4. The quantitative estimate of drug-likeness (QED) is 0.670. The van der Waals surface area contributed by atoms with Crippen LogP contribution in [0.25, 0.3) is 0 Å². The van der Waals surface area contributed by atoms with E-state index in [4.69, 9.17) is 22.2 Å². The monoisotopic (exact) mass is 306 g/mol. The van der Waals surface area contributed by atoms with Crippen LogP contribution in [0.4, 0.5) is 0 Å². The van der Waals surface area contributed by atoms with Crippen molar-refractivity contribution in [2.75, 3.05) is 6.61 Å². The van der Waals surface area contributed by atoms with Gasteiger partial charge in [-0.1, -0.05) is 11.6 Å². The van der Waals surface area contributed by atoms with Gasteiger partial charge in [0.1, 0.15) is 5.75 Å². The van der Waals surface area contributed by atoms with Gasteiger partial charge in [0.05, 0.1) is 18.3 Å². The summed E-state index contributed by atoms with van der Waals surface area (Å²) >= 11 is 6.21. The predicted octanol–water partition coefficient (Wildman–Crippen LogP) is 2.06. The minimum absolute atomic E-state index is 0.0227. The molecule has 112 valence electrons. The Balaban J connectivity index is 1.93. The molecular weight excluding hydrogens is 288 g/mol. The van der Waals surface area contributed by atoms with Crippen molar-refractivity contribution in [1.82, 2.24) is 15.2 Å². The Morgan fingerprint density at radius 2 is 2.33 bits per heavy atom. The Labute approximate surface area is 129 Å². The van der Waals surface area contributed by atoms with E-state index in [-0.39, 0.29) is 6.04 Å². The van der Waals surface area contributed by atoms with Crippen LogP contribution >= 0.6 is 11.6 Å². The molecule has 1 aromatic carbocycles. The highest BCUT2D eigenvalue weighted by atomic mass is 35.5. The first-order valence-corrected chi connectivity index (χ1v) is 7.36. The van der Waals surface area contributed by atoms with E-state index in [1.54, 1.807) is 4.68 Å². The second-order valence-corrected chi connectivity index (χ2v) is 5.85. The van der Waals surface area contributed by atoms with Crippen LogP contribution < -0.4 is 16.0 Å². The summed E-state index contributed by atoms with van der Waals surface area (Å²) in [6, 6.07) is 3.92. The molecule has 0 aliphatic carbocycles. The number of aromatic nitrogens is 2. The number of nitrogens with one attached hydrogen (secondary N) is 1. The van der Waals surface area contributed by atoms with E-state index in [9.17, 15) is 0 Å². The molecule has 0 amide bonds. The Bertz CT molecular complexity index is 668. The molecule has 1 aliphatic rings. The van der Waals surface area contributed by atoms with Gasteiger partial charge in [0.2, 0.25) is 0 Å². The van der Waals surface area contributed by atoms with Crippen molar-refractivity contribution in [3.8, 4) is 5.75 Å². The second kappa shape index (κ2) is 5.67. The number of hydrogen-bond acceptors (Lipinski definition) is 4. The van der Waals surface area contributed by atoms with Crippen LogP contribution in [0.3, 0.4) is 0 Å². The molecule has 2 aromatic rings. The lowest BCUT2D eigenvalue weighted by Crippen LogP contribution is -2.30. The second-order valence-electron chi connectivity index (χ2n) is 5.42. The van der Waals surface area contributed by atoms with Gasteiger partial charge in [-0.25, -0.2) is 0 Å². The third kappa shape index (κ3) is 2.77. The fourth-order valence-electron chi connectivity index (χ4n) is 2.94. The SMILES string of the molecule is Cc1nn(C)cc1C(Cc1cc(Cl)cc2c1OCC2)NN. The van der Waals surface area contributed by atoms with Crippen LogP contribution in [0.1, 0.15) is 28.4 Å². The van der Waals surface area contributed by atoms with Crippen LogP contribution in [0.2, 0.25) is 5.02 Å². The van der Waals surface area contributed by atoms with Gasteiger partial charge in [0, 0.05) is 30.3 Å². The molecule has 2 heterocycles. The highest BCUT2D eigenvalue weighted by Gasteiger charge is 2.22. The van der Waals surface area contributed by atoms with Crippen LogP contribution in [0.15, 0.2) is 18.3 Å². The Morgan fingerprint density at radius 3 is 3.00 bits per heavy atom. The van der Waals surface area contributed by atoms with Gasteiger partial charge in [0.15, 0.2) is 0 Å². The average Bonchev–Trinajstić information content (AvgIpc) is 3.02. The summed E-state index contributed by atoms with van der Waals surface area (Å²) in [7, 11) is 1.91. The maximum atomic E-state index is 6.21. The number of ether oxygens (including phenoxy) is 1. The zero-order valence-electron chi connectivity index (χ0n) is 12.2. The number of fused-ring (bicyclic) bond motifs is 1. The lowest BCUT2D eigenvalue weighted by Gasteiger charge is -2.17. The van der Waals surface area contributed by atoms with Crippen LogP contribution in [-0.2, 0) is 19.9 Å². The summed E-state index contributed by atoms with van der Waals surface area (Å²) in [6.45, 7) is 2.70. The first-order chi connectivity index (χ1) is 10.1. The highest BCUT2D eigenvalue weighted by molar-refractivity contribution is 6.30. The summed E-state index contributed by atoms with van der Waals surface area (Å²) in [5.41, 5.74) is 7.20.